The molecule has 3 unspecified atom stereocenters. The van der Waals surface area contributed by atoms with Gasteiger partial charge in [-0.1, -0.05) is 31.2 Å². The number of carbonyl (C=O) groups is 1. The van der Waals surface area contributed by atoms with E-state index in [1.54, 1.807) is 4.68 Å². The lowest BCUT2D eigenvalue weighted by Gasteiger charge is -2.44. The minimum absolute atomic E-state index is 0.197. The Morgan fingerprint density at radius 1 is 1.13 bits per heavy atom. The standard InChI is InChI=1S/C27H43N5O7/c1-7-27(5,8-2)39-22-20(34)21(35)26(37-6)38-23(22)24(36)28-15-17-11-13-18(14-12-17)32-25(31(9-3)10-4)19(16-33)29-30-32/h11-14,20-23,26,33-35H,7-10,15-16H2,1-6H3,(H,28,36)/t20?,21?,22-,23-,26?/m0/s1. The molecule has 218 valence electrons. The molecule has 3 rings (SSSR count). The molecule has 1 aromatic carbocycles. The molecule has 39 heavy (non-hydrogen) atoms. The van der Waals surface area contributed by atoms with E-state index >= 15 is 0 Å². The van der Waals surface area contributed by atoms with E-state index in [0.717, 1.165) is 30.2 Å². The topological polar surface area (TPSA) is 151 Å². The predicted octanol–water partition coefficient (Wildman–Crippen LogP) is 1.28. The Morgan fingerprint density at radius 3 is 2.31 bits per heavy atom. The van der Waals surface area contributed by atoms with Gasteiger partial charge in [0.15, 0.2) is 18.2 Å². The summed E-state index contributed by atoms with van der Waals surface area (Å²) in [6.45, 7) is 11.3. The molecule has 5 atom stereocenters. The summed E-state index contributed by atoms with van der Waals surface area (Å²) in [4.78, 5) is 15.3. The third kappa shape index (κ3) is 6.76. The summed E-state index contributed by atoms with van der Waals surface area (Å²) in [5.41, 5.74) is 1.48. The molecule has 1 aromatic heterocycles. The molecule has 1 aliphatic rings. The lowest BCUT2D eigenvalue weighted by molar-refractivity contribution is -0.304. The second-order valence-corrected chi connectivity index (χ2v) is 9.87. The van der Waals surface area contributed by atoms with Gasteiger partial charge in [0.1, 0.15) is 24.0 Å². The van der Waals surface area contributed by atoms with Crippen molar-refractivity contribution in [2.45, 2.75) is 96.9 Å². The van der Waals surface area contributed by atoms with E-state index in [0.29, 0.717) is 18.5 Å². The highest BCUT2D eigenvalue weighted by Crippen LogP contribution is 2.31. The van der Waals surface area contributed by atoms with Gasteiger partial charge in [-0.2, -0.15) is 4.68 Å². The number of nitrogens with zero attached hydrogens (tertiary/aromatic N) is 4. The van der Waals surface area contributed by atoms with Gasteiger partial charge < -0.3 is 39.7 Å². The van der Waals surface area contributed by atoms with Gasteiger partial charge in [-0.15, -0.1) is 5.10 Å². The Bertz CT molecular complexity index is 1060. The highest BCUT2D eigenvalue weighted by atomic mass is 16.7. The summed E-state index contributed by atoms with van der Waals surface area (Å²) in [6, 6.07) is 7.45. The first-order valence-electron chi connectivity index (χ1n) is 13.6. The number of aromatic nitrogens is 3. The maximum atomic E-state index is 13.3. The molecule has 1 fully saturated rings. The number of amides is 1. The molecule has 2 heterocycles. The number of aliphatic hydroxyl groups excluding tert-OH is 3. The highest BCUT2D eigenvalue weighted by molar-refractivity contribution is 5.81. The van der Waals surface area contributed by atoms with Crippen molar-refractivity contribution >= 4 is 11.7 Å². The van der Waals surface area contributed by atoms with Crippen LogP contribution in [0.3, 0.4) is 0 Å². The molecular formula is C27H43N5O7. The Morgan fingerprint density at radius 2 is 1.77 bits per heavy atom. The zero-order valence-corrected chi connectivity index (χ0v) is 23.7. The normalized spacial score (nSPS) is 23.6. The first kappa shape index (κ1) is 30.9. The zero-order chi connectivity index (χ0) is 28.7. The molecule has 12 nitrogen and oxygen atoms in total. The number of hydrogen-bond acceptors (Lipinski definition) is 10. The average Bonchev–Trinajstić information content (AvgIpc) is 3.39. The molecule has 1 amide bonds. The van der Waals surface area contributed by atoms with E-state index in [-0.39, 0.29) is 13.2 Å². The van der Waals surface area contributed by atoms with Crippen LogP contribution in [0.1, 0.15) is 58.7 Å². The molecule has 0 spiro atoms. The van der Waals surface area contributed by atoms with Crippen molar-refractivity contribution in [2.75, 3.05) is 25.1 Å². The number of ether oxygens (including phenoxy) is 3. The van der Waals surface area contributed by atoms with Crippen molar-refractivity contribution in [1.82, 2.24) is 20.3 Å². The van der Waals surface area contributed by atoms with Crippen molar-refractivity contribution in [3.63, 3.8) is 0 Å². The molecule has 1 aliphatic heterocycles. The van der Waals surface area contributed by atoms with Gasteiger partial charge in [-0.3, -0.25) is 4.79 Å². The smallest absolute Gasteiger partial charge is 0.252 e. The quantitative estimate of drug-likeness (QED) is 0.288. The largest absolute Gasteiger partial charge is 0.390 e. The average molecular weight is 550 g/mol. The molecule has 0 bridgehead atoms. The van der Waals surface area contributed by atoms with Gasteiger partial charge in [-0.25, -0.2) is 0 Å². The van der Waals surface area contributed by atoms with Gasteiger partial charge in [0.05, 0.1) is 17.9 Å². The number of nitrogens with one attached hydrogen (secondary N) is 1. The van der Waals surface area contributed by atoms with Gasteiger partial charge in [0.2, 0.25) is 0 Å². The monoisotopic (exact) mass is 549 g/mol. The second kappa shape index (κ2) is 13.6. The van der Waals surface area contributed by atoms with E-state index < -0.39 is 42.2 Å². The summed E-state index contributed by atoms with van der Waals surface area (Å²) in [5.74, 6) is 0.253. The summed E-state index contributed by atoms with van der Waals surface area (Å²) in [5, 5.41) is 42.2. The number of carbonyl (C=O) groups excluding carboxylic acids is 1. The molecule has 0 radical (unpaired) electrons. The summed E-state index contributed by atoms with van der Waals surface area (Å²) in [6.07, 6.45) is -4.87. The van der Waals surface area contributed by atoms with Gasteiger partial charge in [-0.05, 0) is 51.3 Å². The maximum absolute atomic E-state index is 13.3. The Hall–Kier alpha value is -2.61. The van der Waals surface area contributed by atoms with Gasteiger partial charge in [0.25, 0.3) is 5.91 Å². The minimum atomic E-state index is -1.37. The van der Waals surface area contributed by atoms with E-state index in [4.69, 9.17) is 14.2 Å². The van der Waals surface area contributed by atoms with E-state index in [1.807, 2.05) is 58.9 Å². The minimum Gasteiger partial charge on any atom is -0.390 e. The Labute approximate surface area is 229 Å². The lowest BCUT2D eigenvalue weighted by atomic mass is 9.94. The summed E-state index contributed by atoms with van der Waals surface area (Å²) < 4.78 is 18.8. The number of anilines is 1. The fourth-order valence-electron chi connectivity index (χ4n) is 4.59. The fourth-order valence-corrected chi connectivity index (χ4v) is 4.59. The molecule has 12 heteroatoms. The summed E-state index contributed by atoms with van der Waals surface area (Å²) in [7, 11) is 1.34. The Kier molecular flexibility index (Phi) is 10.8. The Balaban J connectivity index is 1.75. The lowest BCUT2D eigenvalue weighted by Crippen LogP contribution is -2.64. The van der Waals surface area contributed by atoms with Crippen LogP contribution in [0.25, 0.3) is 5.69 Å². The first-order valence-corrected chi connectivity index (χ1v) is 13.6. The van der Waals surface area contributed by atoms with Crippen LogP contribution >= 0.6 is 0 Å². The SMILES string of the molecule is CCN(CC)c1c(CO)nnn1-c1ccc(CNC(=O)[C@H]2OC(OC)C(O)C(O)[C@@H]2OC(C)(CC)CC)cc1. The highest BCUT2D eigenvalue weighted by Gasteiger charge is 2.50. The molecule has 0 aliphatic carbocycles. The molecular weight excluding hydrogens is 506 g/mol. The van der Waals surface area contributed by atoms with Crippen LogP contribution in [0.15, 0.2) is 24.3 Å². The first-order chi connectivity index (χ1) is 18.7. The van der Waals surface area contributed by atoms with Crippen LogP contribution in [0.5, 0.6) is 0 Å². The summed E-state index contributed by atoms with van der Waals surface area (Å²) >= 11 is 0. The van der Waals surface area contributed by atoms with Crippen LogP contribution < -0.4 is 10.2 Å². The fraction of sp³-hybridized carbons (Fsp3) is 0.667. The van der Waals surface area contributed by atoms with E-state index in [1.165, 1.54) is 7.11 Å². The third-order valence-electron chi connectivity index (χ3n) is 7.53. The predicted molar refractivity (Wildman–Crippen MR) is 144 cm³/mol. The number of methoxy groups -OCH3 is 1. The van der Waals surface area contributed by atoms with E-state index in [2.05, 4.69) is 20.5 Å². The molecule has 4 N–H and O–H groups in total. The van der Waals surface area contributed by atoms with Crippen molar-refractivity contribution in [1.29, 1.82) is 0 Å². The number of benzene rings is 1. The van der Waals surface area contributed by atoms with Gasteiger partial charge in [0, 0.05) is 26.7 Å². The van der Waals surface area contributed by atoms with Crippen molar-refractivity contribution in [2.24, 2.45) is 0 Å². The third-order valence-corrected chi connectivity index (χ3v) is 7.53. The molecule has 1 saturated heterocycles. The van der Waals surface area contributed by atoms with Crippen LogP contribution in [0, 0.1) is 0 Å². The van der Waals surface area contributed by atoms with Crippen LogP contribution in [-0.2, 0) is 32.2 Å². The second-order valence-electron chi connectivity index (χ2n) is 9.87. The zero-order valence-electron chi connectivity index (χ0n) is 23.7. The molecule has 2 aromatic rings. The van der Waals surface area contributed by atoms with Crippen LogP contribution in [0.4, 0.5) is 5.82 Å². The number of rotatable bonds is 13. The molecule has 0 saturated carbocycles. The van der Waals surface area contributed by atoms with Gasteiger partial charge >= 0.3 is 0 Å². The number of aliphatic hydroxyl groups is 3. The van der Waals surface area contributed by atoms with Crippen molar-refractivity contribution in [3.8, 4) is 5.69 Å². The van der Waals surface area contributed by atoms with E-state index in [9.17, 15) is 20.1 Å². The number of hydrogen-bond donors (Lipinski definition) is 4. The van der Waals surface area contributed by atoms with Crippen LogP contribution in [-0.4, -0.2) is 92.7 Å². The van der Waals surface area contributed by atoms with Crippen molar-refractivity contribution < 1.29 is 34.3 Å². The maximum Gasteiger partial charge on any atom is 0.252 e. The van der Waals surface area contributed by atoms with Crippen molar-refractivity contribution in [3.05, 3.63) is 35.5 Å². The van der Waals surface area contributed by atoms with Crippen LogP contribution in [0.2, 0.25) is 0 Å².